The Labute approximate surface area is 545 Å². The lowest BCUT2D eigenvalue weighted by molar-refractivity contribution is 0.0754. The van der Waals surface area contributed by atoms with Crippen LogP contribution in [-0.4, -0.2) is 0 Å². The van der Waals surface area contributed by atoms with Gasteiger partial charge in [0.25, 0.3) is 0 Å². The van der Waals surface area contributed by atoms with E-state index in [0.29, 0.717) is 27.1 Å². The minimum atomic E-state index is 0.542. The van der Waals surface area contributed by atoms with Gasteiger partial charge in [0.05, 0.1) is 0 Å². The third-order valence-corrected chi connectivity index (χ3v) is 19.2. The summed E-state index contributed by atoms with van der Waals surface area (Å²) < 4.78 is 0. The molecular formula is C84H186. The SMILES string of the molecule is CC.CC(C)C.CC(C)C(C)C(C)C.CC1CC(C)(C)CC(C)(C)C1.CC1CCC(C)(C)CC1.CC1CCC2(CCCCC2)CC1.CCC.CCC(C)(C)C.CCC(C)(C)CC.CCC(C)C.CCC(C)CC.CCCC.CC[C@H](C)C(C)C. The van der Waals surface area contributed by atoms with E-state index in [9.17, 15) is 0 Å². The molecule has 4 aliphatic carbocycles. The quantitative estimate of drug-likeness (QED) is 0.205. The van der Waals surface area contributed by atoms with Crippen molar-refractivity contribution in [3.8, 4) is 0 Å². The molecule has 0 bridgehead atoms. The Hall–Kier alpha value is 0. The lowest BCUT2D eigenvalue weighted by Crippen LogP contribution is -2.32. The summed E-state index contributed by atoms with van der Waals surface area (Å²) in [6.07, 6.45) is 36.8. The van der Waals surface area contributed by atoms with Crippen LogP contribution < -0.4 is 0 Å². The molecule has 4 rings (SSSR count). The molecule has 522 valence electrons. The van der Waals surface area contributed by atoms with Crippen molar-refractivity contribution in [3.63, 3.8) is 0 Å². The van der Waals surface area contributed by atoms with E-state index in [0.717, 1.165) is 70.5 Å². The molecule has 0 amide bonds. The van der Waals surface area contributed by atoms with Gasteiger partial charge in [-0.25, -0.2) is 0 Å². The van der Waals surface area contributed by atoms with Gasteiger partial charge in [0, 0.05) is 0 Å². The first kappa shape index (κ1) is 103. The smallest absolute Gasteiger partial charge is 0.0297 e. The van der Waals surface area contributed by atoms with Crippen LogP contribution in [0.3, 0.4) is 0 Å². The van der Waals surface area contributed by atoms with Gasteiger partial charge in [0.15, 0.2) is 0 Å². The molecule has 84 heavy (non-hydrogen) atoms. The van der Waals surface area contributed by atoms with E-state index in [4.69, 9.17) is 0 Å². The monoisotopic (exact) mass is 1200 g/mol. The first-order chi connectivity index (χ1) is 38.3. The molecule has 0 radical (unpaired) electrons. The van der Waals surface area contributed by atoms with E-state index >= 15 is 0 Å². The highest BCUT2D eigenvalue weighted by atomic mass is 14.4. The molecular weight excluding hydrogens is 1010 g/mol. The van der Waals surface area contributed by atoms with Gasteiger partial charge in [0.2, 0.25) is 0 Å². The minimum absolute atomic E-state index is 0.542. The largest absolute Gasteiger partial charge is 0.0683 e. The second kappa shape index (κ2) is 61.8. The standard InChI is InChI=1S/C12H22.C11H22.C9H18.C8H18.2C7H16.2C6H14.C5H12.2C4H10.C3H8.C2H6/c1-11-5-9-12(10-6-11)7-3-2-4-8-12;1-9-6-10(2,3)8-11(4,5)7-9;1-8-4-6-9(2,3)7-5-8;1-6(2)8(5)7(3)4;1-5-7(3,4)6-2;1-5-7(4)6(2)3;1-5-6(2,3)4;1-4-6(3)5-2;1-4-5(2)3;1-4(2)3;1-3-4-2;1-3-2;1-2/h11H,2-10H2,1H3;9H,6-8H2,1-5H3;8H,4-7H2,1-3H3;6-8H,1-5H3;5-6H2,1-4H3;6-7H,5H2,1-4H3;5H2,1-4H3;6H,4-5H2,1-3H3;5H,4H2,1-3H3;4H,1-3H3;3-4H2,1-2H3;3H2,1-2H3;1-2H3/t;;;;;7-;;;;;;;/m.....0......./s1. The molecule has 0 saturated heterocycles. The molecule has 0 heterocycles. The maximum absolute atomic E-state index is 2.43. The number of unbranched alkanes of at least 4 members (excludes halogenated alkanes) is 1. The molecule has 1 atom stereocenters. The van der Waals surface area contributed by atoms with Crippen LogP contribution >= 0.6 is 0 Å². The molecule has 0 N–H and O–H groups in total. The molecule has 0 aromatic heterocycles. The molecule has 1 spiro atoms. The van der Waals surface area contributed by atoms with E-state index in [1.54, 1.807) is 25.7 Å². The molecule has 4 saturated carbocycles. The summed E-state index contributed by atoms with van der Waals surface area (Å²) in [5, 5.41) is 0. The molecule has 0 aromatic rings. The maximum atomic E-state index is 2.43. The molecule has 4 aliphatic rings. The summed E-state index contributed by atoms with van der Waals surface area (Å²) in [4.78, 5) is 0. The number of hydrogen-bond acceptors (Lipinski definition) is 0. The fraction of sp³-hybridized carbons (Fsp3) is 1.00. The van der Waals surface area contributed by atoms with Crippen molar-refractivity contribution >= 4 is 0 Å². The van der Waals surface area contributed by atoms with Gasteiger partial charge < -0.3 is 0 Å². The van der Waals surface area contributed by atoms with Crippen LogP contribution in [0.15, 0.2) is 0 Å². The molecule has 0 unspecified atom stereocenters. The molecule has 0 aliphatic heterocycles. The zero-order valence-electron chi connectivity index (χ0n) is 68.7. The van der Waals surface area contributed by atoms with Crippen molar-refractivity contribution in [2.45, 2.75) is 451 Å². The van der Waals surface area contributed by atoms with Crippen molar-refractivity contribution in [1.29, 1.82) is 0 Å². The zero-order chi connectivity index (χ0) is 68.7. The zero-order valence-corrected chi connectivity index (χ0v) is 68.7. The molecule has 4 fully saturated rings. The molecule has 0 nitrogen and oxygen atoms in total. The Morgan fingerprint density at radius 3 is 0.833 bits per heavy atom. The van der Waals surface area contributed by atoms with E-state index in [-0.39, 0.29) is 0 Å². The van der Waals surface area contributed by atoms with Crippen LogP contribution in [0.5, 0.6) is 0 Å². The molecule has 0 aromatic carbocycles. The lowest BCUT2D eigenvalue weighted by atomic mass is 9.62. The van der Waals surface area contributed by atoms with Crippen LogP contribution in [0, 0.1) is 97.6 Å². The Morgan fingerprint density at radius 2 is 0.690 bits per heavy atom. The molecule has 0 heteroatoms. The highest BCUT2D eigenvalue weighted by molar-refractivity contribution is 4.88. The van der Waals surface area contributed by atoms with E-state index in [1.807, 2.05) is 13.8 Å². The van der Waals surface area contributed by atoms with Gasteiger partial charge >= 0.3 is 0 Å². The Kier molecular flexibility index (Phi) is 75.7. The van der Waals surface area contributed by atoms with Crippen LogP contribution in [0.4, 0.5) is 0 Å². The van der Waals surface area contributed by atoms with Gasteiger partial charge in [-0.3, -0.25) is 0 Å². The van der Waals surface area contributed by atoms with Gasteiger partial charge in [-0.1, -0.05) is 393 Å². The first-order valence-corrected chi connectivity index (χ1v) is 38.3. The lowest BCUT2D eigenvalue weighted by Gasteiger charge is -2.44. The summed E-state index contributed by atoms with van der Waals surface area (Å²) in [6.45, 7) is 92.6. The Morgan fingerprint density at radius 1 is 0.393 bits per heavy atom. The van der Waals surface area contributed by atoms with Crippen molar-refractivity contribution in [1.82, 2.24) is 0 Å². The fourth-order valence-electron chi connectivity index (χ4n) is 9.90. The maximum Gasteiger partial charge on any atom is -0.0297 e. The van der Waals surface area contributed by atoms with Gasteiger partial charge in [0.1, 0.15) is 0 Å². The predicted molar refractivity (Wildman–Crippen MR) is 406 cm³/mol. The van der Waals surface area contributed by atoms with Crippen molar-refractivity contribution in [2.75, 3.05) is 0 Å². The highest BCUT2D eigenvalue weighted by Gasteiger charge is 2.37. The third-order valence-electron chi connectivity index (χ3n) is 19.2. The van der Waals surface area contributed by atoms with Crippen LogP contribution in [0.1, 0.15) is 451 Å². The summed E-state index contributed by atoms with van der Waals surface area (Å²) in [6, 6.07) is 0. The average molecular weight is 1200 g/mol. The minimum Gasteiger partial charge on any atom is -0.0683 e. The normalized spacial score (nSPS) is 18.0. The van der Waals surface area contributed by atoms with Gasteiger partial charge in [-0.05, 0) is 155 Å². The van der Waals surface area contributed by atoms with Gasteiger partial charge in [-0.15, -0.1) is 0 Å². The summed E-state index contributed by atoms with van der Waals surface area (Å²) in [5.74, 6) is 9.93. The fourth-order valence-corrected chi connectivity index (χ4v) is 9.90. The van der Waals surface area contributed by atoms with Crippen LogP contribution in [0.2, 0.25) is 0 Å². The van der Waals surface area contributed by atoms with E-state index in [1.165, 1.54) is 141 Å². The van der Waals surface area contributed by atoms with E-state index in [2.05, 4.69) is 270 Å². The number of rotatable bonds is 10. The Balaban J connectivity index is -0.000000106. The second-order valence-corrected chi connectivity index (χ2v) is 34.5. The summed E-state index contributed by atoms with van der Waals surface area (Å²) in [7, 11) is 0. The van der Waals surface area contributed by atoms with Crippen molar-refractivity contribution < 1.29 is 0 Å². The summed E-state index contributed by atoms with van der Waals surface area (Å²) >= 11 is 0. The third kappa shape index (κ3) is 84.1. The topological polar surface area (TPSA) is 0 Å². The predicted octanol–water partition coefficient (Wildman–Crippen LogP) is 32.5. The van der Waals surface area contributed by atoms with Crippen molar-refractivity contribution in [3.05, 3.63) is 0 Å². The van der Waals surface area contributed by atoms with Gasteiger partial charge in [-0.2, -0.15) is 0 Å². The number of hydrogen-bond donors (Lipinski definition) is 0. The summed E-state index contributed by atoms with van der Waals surface area (Å²) in [5.41, 5.74) is 3.79. The van der Waals surface area contributed by atoms with E-state index < -0.39 is 0 Å². The second-order valence-electron chi connectivity index (χ2n) is 34.5. The highest BCUT2D eigenvalue weighted by Crippen LogP contribution is 2.49. The first-order valence-electron chi connectivity index (χ1n) is 38.3. The van der Waals surface area contributed by atoms with Crippen LogP contribution in [-0.2, 0) is 0 Å². The van der Waals surface area contributed by atoms with Crippen molar-refractivity contribution in [2.24, 2.45) is 97.6 Å². The van der Waals surface area contributed by atoms with Crippen LogP contribution in [0.25, 0.3) is 0 Å². The Bertz CT molecular complexity index is 1150. The average Bonchev–Trinajstić information content (AvgIpc) is 3.40.